The molecule has 2 unspecified atom stereocenters. The highest BCUT2D eigenvalue weighted by Gasteiger charge is 2.34. The summed E-state index contributed by atoms with van der Waals surface area (Å²) >= 11 is 0. The number of rotatable bonds is 3. The molecule has 10 heavy (non-hydrogen) atoms. The van der Waals surface area contributed by atoms with Crippen LogP contribution in [0, 0.1) is 5.92 Å². The highest BCUT2D eigenvalue weighted by molar-refractivity contribution is 5.72. The topological polar surface area (TPSA) is 49.3 Å². The van der Waals surface area contributed by atoms with Gasteiger partial charge in [-0.15, -0.1) is 0 Å². The zero-order valence-corrected chi connectivity index (χ0v) is 6.29. The largest absolute Gasteiger partial charge is 0.480 e. The first-order valence-corrected chi connectivity index (χ1v) is 3.60. The van der Waals surface area contributed by atoms with Crippen molar-refractivity contribution in [3.63, 3.8) is 0 Å². The fraction of sp³-hybridized carbons (Fsp3) is 0.857. The highest BCUT2D eigenvalue weighted by Crippen LogP contribution is 2.29. The average molecular weight is 143 g/mol. The maximum Gasteiger partial charge on any atom is 0.320 e. The number of nitrogens with one attached hydrogen (secondary N) is 1. The second-order valence-corrected chi connectivity index (χ2v) is 3.05. The fourth-order valence-electron chi connectivity index (χ4n) is 0.947. The van der Waals surface area contributed by atoms with Crippen molar-refractivity contribution in [1.29, 1.82) is 0 Å². The van der Waals surface area contributed by atoms with Crippen LogP contribution in [-0.4, -0.2) is 23.2 Å². The first-order chi connectivity index (χ1) is 4.61. The van der Waals surface area contributed by atoms with Crippen LogP contribution in [-0.2, 0) is 4.79 Å². The van der Waals surface area contributed by atoms with Gasteiger partial charge in [-0.05, 0) is 19.3 Å². The molecule has 0 aromatic carbocycles. The molecule has 0 aromatic rings. The van der Waals surface area contributed by atoms with E-state index in [1.807, 2.05) is 0 Å². The summed E-state index contributed by atoms with van der Waals surface area (Å²) in [4.78, 5) is 10.3. The minimum Gasteiger partial charge on any atom is -0.480 e. The van der Waals surface area contributed by atoms with Crippen molar-refractivity contribution in [1.82, 2.24) is 5.32 Å². The van der Waals surface area contributed by atoms with Gasteiger partial charge in [-0.3, -0.25) is 4.79 Å². The predicted octanol–water partition coefficient (Wildman–Crippen LogP) is 0.457. The van der Waals surface area contributed by atoms with E-state index in [2.05, 4.69) is 12.2 Å². The van der Waals surface area contributed by atoms with Gasteiger partial charge in [0, 0.05) is 6.04 Å². The van der Waals surface area contributed by atoms with E-state index in [4.69, 9.17) is 5.11 Å². The maximum absolute atomic E-state index is 10.3. The van der Waals surface area contributed by atoms with Crippen LogP contribution in [0.3, 0.4) is 0 Å². The second kappa shape index (κ2) is 2.58. The molecule has 0 saturated heterocycles. The summed E-state index contributed by atoms with van der Waals surface area (Å²) < 4.78 is 0. The Bertz CT molecular complexity index is 147. The van der Waals surface area contributed by atoms with Crippen LogP contribution in [0.4, 0.5) is 0 Å². The molecule has 3 nitrogen and oxygen atoms in total. The fourth-order valence-corrected chi connectivity index (χ4v) is 0.947. The normalized spacial score (nSPS) is 33.4. The number of carbonyl (C=O) groups is 1. The van der Waals surface area contributed by atoms with Gasteiger partial charge in [0.1, 0.15) is 6.04 Å². The second-order valence-electron chi connectivity index (χ2n) is 3.05. The third-order valence-electron chi connectivity index (χ3n) is 1.94. The number of carboxylic acid groups (broad SMARTS) is 1. The lowest BCUT2D eigenvalue weighted by Gasteiger charge is -2.06. The molecule has 0 bridgehead atoms. The summed E-state index contributed by atoms with van der Waals surface area (Å²) in [6.45, 7) is 3.79. The molecular weight excluding hydrogens is 130 g/mol. The Hall–Kier alpha value is -0.570. The van der Waals surface area contributed by atoms with Crippen molar-refractivity contribution in [3.8, 4) is 0 Å². The molecule has 0 heterocycles. The van der Waals surface area contributed by atoms with E-state index in [1.165, 1.54) is 0 Å². The van der Waals surface area contributed by atoms with Crippen LogP contribution in [0.5, 0.6) is 0 Å². The Labute approximate surface area is 60.4 Å². The predicted molar refractivity (Wildman–Crippen MR) is 37.8 cm³/mol. The van der Waals surface area contributed by atoms with E-state index >= 15 is 0 Å². The quantitative estimate of drug-likeness (QED) is 0.603. The Morgan fingerprint density at radius 3 is 2.60 bits per heavy atom. The van der Waals surface area contributed by atoms with Gasteiger partial charge in [0.2, 0.25) is 0 Å². The van der Waals surface area contributed by atoms with E-state index < -0.39 is 12.0 Å². The maximum atomic E-state index is 10.3. The minimum absolute atomic E-state index is 0.394. The lowest BCUT2D eigenvalue weighted by atomic mass is 10.3. The Morgan fingerprint density at radius 2 is 2.30 bits per heavy atom. The van der Waals surface area contributed by atoms with Gasteiger partial charge in [0.15, 0.2) is 0 Å². The molecule has 1 saturated carbocycles. The van der Waals surface area contributed by atoms with Crippen molar-refractivity contribution in [2.24, 2.45) is 5.92 Å². The van der Waals surface area contributed by atoms with Crippen LogP contribution < -0.4 is 5.32 Å². The van der Waals surface area contributed by atoms with Crippen LogP contribution in [0.2, 0.25) is 0 Å². The third kappa shape index (κ3) is 1.70. The standard InChI is InChI=1S/C7H13NO2/c1-4-3-6(4)8-5(2)7(9)10/h4-6,8H,3H2,1-2H3,(H,9,10)/t4?,5-,6?/m0/s1. The Morgan fingerprint density at radius 1 is 1.80 bits per heavy atom. The number of aliphatic carboxylic acids is 1. The smallest absolute Gasteiger partial charge is 0.320 e. The summed E-state index contributed by atoms with van der Waals surface area (Å²) in [5, 5.41) is 11.5. The van der Waals surface area contributed by atoms with E-state index in [9.17, 15) is 4.79 Å². The summed E-state index contributed by atoms with van der Waals surface area (Å²) in [7, 11) is 0. The molecule has 1 rings (SSSR count). The zero-order chi connectivity index (χ0) is 7.72. The molecule has 0 spiro atoms. The van der Waals surface area contributed by atoms with Crippen LogP contribution in [0.15, 0.2) is 0 Å². The van der Waals surface area contributed by atoms with Gasteiger partial charge < -0.3 is 10.4 Å². The van der Waals surface area contributed by atoms with Gasteiger partial charge in [-0.2, -0.15) is 0 Å². The van der Waals surface area contributed by atoms with Crippen LogP contribution in [0.25, 0.3) is 0 Å². The van der Waals surface area contributed by atoms with Gasteiger partial charge >= 0.3 is 5.97 Å². The van der Waals surface area contributed by atoms with E-state index in [0.717, 1.165) is 6.42 Å². The number of hydrogen-bond donors (Lipinski definition) is 2. The molecule has 3 heteroatoms. The van der Waals surface area contributed by atoms with E-state index in [0.29, 0.717) is 12.0 Å². The SMILES string of the molecule is CC1CC1N[C@@H](C)C(=O)O. The lowest BCUT2D eigenvalue weighted by Crippen LogP contribution is -2.35. The van der Waals surface area contributed by atoms with Gasteiger partial charge in [0.05, 0.1) is 0 Å². The Balaban J connectivity index is 2.19. The molecule has 1 aliphatic rings. The first-order valence-electron chi connectivity index (χ1n) is 3.60. The molecule has 1 fully saturated rings. The first kappa shape index (κ1) is 7.54. The van der Waals surface area contributed by atoms with Crippen LogP contribution in [0.1, 0.15) is 20.3 Å². The summed E-state index contributed by atoms with van der Waals surface area (Å²) in [5.41, 5.74) is 0. The minimum atomic E-state index is -0.765. The molecule has 0 amide bonds. The van der Waals surface area contributed by atoms with Crippen molar-refractivity contribution < 1.29 is 9.90 Å². The molecule has 1 aliphatic carbocycles. The number of hydrogen-bond acceptors (Lipinski definition) is 2. The molecule has 2 N–H and O–H groups in total. The van der Waals surface area contributed by atoms with Crippen molar-refractivity contribution >= 4 is 5.97 Å². The monoisotopic (exact) mass is 143 g/mol. The summed E-state index contributed by atoms with van der Waals surface area (Å²) in [6, 6.07) is 0.0565. The van der Waals surface area contributed by atoms with Crippen molar-refractivity contribution in [3.05, 3.63) is 0 Å². The molecule has 0 aliphatic heterocycles. The zero-order valence-electron chi connectivity index (χ0n) is 6.29. The van der Waals surface area contributed by atoms with Crippen molar-refractivity contribution in [2.75, 3.05) is 0 Å². The van der Waals surface area contributed by atoms with Gasteiger partial charge in [-0.25, -0.2) is 0 Å². The molecule has 0 radical (unpaired) electrons. The van der Waals surface area contributed by atoms with E-state index in [-0.39, 0.29) is 0 Å². The molecule has 58 valence electrons. The average Bonchev–Trinajstić information content (AvgIpc) is 2.46. The lowest BCUT2D eigenvalue weighted by molar-refractivity contribution is -0.139. The van der Waals surface area contributed by atoms with Gasteiger partial charge in [-0.1, -0.05) is 6.92 Å². The highest BCUT2D eigenvalue weighted by atomic mass is 16.4. The van der Waals surface area contributed by atoms with E-state index in [1.54, 1.807) is 6.92 Å². The van der Waals surface area contributed by atoms with Gasteiger partial charge in [0.25, 0.3) is 0 Å². The van der Waals surface area contributed by atoms with Crippen molar-refractivity contribution in [2.45, 2.75) is 32.4 Å². The third-order valence-corrected chi connectivity index (χ3v) is 1.94. The Kier molecular flexibility index (Phi) is 1.94. The summed E-state index contributed by atoms with van der Waals surface area (Å²) in [6.07, 6.45) is 1.12. The van der Waals surface area contributed by atoms with Crippen LogP contribution >= 0.6 is 0 Å². The molecular formula is C7H13NO2. The summed E-state index contributed by atoms with van der Waals surface area (Å²) in [5.74, 6) is -0.0964. The molecule has 3 atom stereocenters. The molecule has 0 aromatic heterocycles. The number of carboxylic acids is 1.